The lowest BCUT2D eigenvalue weighted by molar-refractivity contribution is -0.117. The van der Waals surface area contributed by atoms with Crippen molar-refractivity contribution >= 4 is 39.9 Å². The summed E-state index contributed by atoms with van der Waals surface area (Å²) in [7, 11) is 0. The van der Waals surface area contributed by atoms with E-state index >= 15 is 0 Å². The van der Waals surface area contributed by atoms with Crippen LogP contribution in [0.3, 0.4) is 0 Å². The van der Waals surface area contributed by atoms with Gasteiger partial charge in [0, 0.05) is 17.3 Å². The van der Waals surface area contributed by atoms with E-state index in [1.54, 1.807) is 48.5 Å². The zero-order valence-corrected chi connectivity index (χ0v) is 18.0. The molecule has 1 N–H and O–H groups in total. The summed E-state index contributed by atoms with van der Waals surface area (Å²) in [6, 6.07) is 13.6. The summed E-state index contributed by atoms with van der Waals surface area (Å²) < 4.78 is 3.98. The third-order valence-corrected chi connectivity index (χ3v) is 5.25. The van der Waals surface area contributed by atoms with Gasteiger partial charge in [-0.05, 0) is 42.7 Å². The third kappa shape index (κ3) is 4.11. The van der Waals surface area contributed by atoms with Crippen molar-refractivity contribution < 1.29 is 4.79 Å². The summed E-state index contributed by atoms with van der Waals surface area (Å²) in [4.78, 5) is 38.7. The molecule has 0 unspecified atom stereocenters. The van der Waals surface area contributed by atoms with Gasteiger partial charge >= 0.3 is 5.69 Å². The summed E-state index contributed by atoms with van der Waals surface area (Å²) in [5.74, 6) is 0.175. The number of nitrogens with one attached hydrogen (secondary N) is 1. The Morgan fingerprint density at radius 2 is 1.90 bits per heavy atom. The summed E-state index contributed by atoms with van der Waals surface area (Å²) in [6.45, 7) is 4.26. The Kier molecular flexibility index (Phi) is 5.65. The molecule has 0 bridgehead atoms. The Balaban J connectivity index is 1.79. The number of hydrogen-bond donors (Lipinski definition) is 1. The van der Waals surface area contributed by atoms with E-state index in [-0.39, 0.29) is 17.9 Å². The van der Waals surface area contributed by atoms with E-state index in [1.807, 2.05) is 0 Å². The number of nitrogens with zero attached hydrogens (tertiary/aromatic N) is 4. The number of aromatic nitrogens is 4. The van der Waals surface area contributed by atoms with Gasteiger partial charge in [-0.25, -0.2) is 13.9 Å². The van der Waals surface area contributed by atoms with Gasteiger partial charge in [0.05, 0.1) is 10.9 Å². The second-order valence-electron chi connectivity index (χ2n) is 7.79. The molecule has 0 saturated heterocycles. The molecule has 9 heteroatoms. The highest BCUT2D eigenvalue weighted by atomic mass is 35.5. The summed E-state index contributed by atoms with van der Waals surface area (Å²) in [5.41, 5.74) is 0.304. The SMILES string of the molecule is CC(C)CCn1c(=O)c2ccccc2n2c(=O)n(CC(=O)Nc3cccc(Cl)c3)nc12. The first-order chi connectivity index (χ1) is 14.8. The number of carbonyl (C=O) groups is 1. The fraction of sp³-hybridized carbons (Fsp3) is 0.273. The summed E-state index contributed by atoms with van der Waals surface area (Å²) in [6.07, 6.45) is 0.754. The Morgan fingerprint density at radius 1 is 1.13 bits per heavy atom. The maximum atomic E-state index is 13.1. The Morgan fingerprint density at radius 3 is 2.65 bits per heavy atom. The van der Waals surface area contributed by atoms with E-state index < -0.39 is 11.6 Å². The van der Waals surface area contributed by atoms with Crippen LogP contribution in [0.2, 0.25) is 5.02 Å². The Hall–Kier alpha value is -3.39. The second kappa shape index (κ2) is 8.39. The van der Waals surface area contributed by atoms with Gasteiger partial charge in [0.2, 0.25) is 11.7 Å². The standard InChI is InChI=1S/C22H22ClN5O3/c1-14(2)10-11-26-20(30)17-8-3-4-9-18(17)28-21(26)25-27(22(28)31)13-19(29)24-16-7-5-6-15(23)12-16/h3-9,12,14H,10-11,13H2,1-2H3,(H,24,29). The number of para-hydroxylation sites is 1. The van der Waals surface area contributed by atoms with Crippen molar-refractivity contribution in [2.45, 2.75) is 33.4 Å². The van der Waals surface area contributed by atoms with E-state index in [1.165, 1.54) is 8.97 Å². The topological polar surface area (TPSA) is 90.4 Å². The number of aryl methyl sites for hydroxylation is 1. The molecule has 1 amide bonds. The average molecular weight is 440 g/mol. The minimum Gasteiger partial charge on any atom is -0.324 e. The Labute approximate surface area is 182 Å². The van der Waals surface area contributed by atoms with E-state index in [9.17, 15) is 14.4 Å². The van der Waals surface area contributed by atoms with Gasteiger partial charge in [0.25, 0.3) is 5.56 Å². The number of carbonyl (C=O) groups excluding carboxylic acids is 1. The molecular weight excluding hydrogens is 418 g/mol. The van der Waals surface area contributed by atoms with Crippen molar-refractivity contribution in [2.75, 3.05) is 5.32 Å². The largest absolute Gasteiger partial charge is 0.352 e. The van der Waals surface area contributed by atoms with Crippen molar-refractivity contribution in [1.82, 2.24) is 18.7 Å². The van der Waals surface area contributed by atoms with Gasteiger partial charge in [-0.3, -0.25) is 14.2 Å². The predicted octanol–water partition coefficient (Wildman–Crippen LogP) is 3.15. The number of hydrogen-bond acceptors (Lipinski definition) is 4. The van der Waals surface area contributed by atoms with Crippen LogP contribution in [-0.2, 0) is 17.9 Å². The van der Waals surface area contributed by atoms with Crippen LogP contribution in [-0.4, -0.2) is 24.7 Å². The molecule has 2 aromatic heterocycles. The first-order valence-corrected chi connectivity index (χ1v) is 10.4. The van der Waals surface area contributed by atoms with Gasteiger partial charge in [-0.2, -0.15) is 0 Å². The van der Waals surface area contributed by atoms with Crippen LogP contribution in [0.1, 0.15) is 20.3 Å². The van der Waals surface area contributed by atoms with Gasteiger partial charge < -0.3 is 5.32 Å². The van der Waals surface area contributed by atoms with Crippen LogP contribution in [0.5, 0.6) is 0 Å². The number of fused-ring (bicyclic) bond motifs is 3. The van der Waals surface area contributed by atoms with Gasteiger partial charge in [0.15, 0.2) is 0 Å². The molecule has 0 spiro atoms. The van der Waals surface area contributed by atoms with E-state index in [4.69, 9.17) is 11.6 Å². The molecule has 0 aliphatic rings. The number of amides is 1. The van der Waals surface area contributed by atoms with Crippen molar-refractivity contribution in [3.8, 4) is 0 Å². The van der Waals surface area contributed by atoms with Crippen molar-refractivity contribution in [1.29, 1.82) is 0 Å². The van der Waals surface area contributed by atoms with Crippen LogP contribution in [0.25, 0.3) is 16.7 Å². The van der Waals surface area contributed by atoms with E-state index in [0.29, 0.717) is 34.1 Å². The lowest BCUT2D eigenvalue weighted by Crippen LogP contribution is -2.29. The normalized spacial score (nSPS) is 11.5. The highest BCUT2D eigenvalue weighted by molar-refractivity contribution is 6.30. The summed E-state index contributed by atoms with van der Waals surface area (Å²) >= 11 is 5.95. The maximum Gasteiger partial charge on any atom is 0.352 e. The highest BCUT2D eigenvalue weighted by Gasteiger charge is 2.18. The van der Waals surface area contributed by atoms with E-state index in [2.05, 4.69) is 24.3 Å². The highest BCUT2D eigenvalue weighted by Crippen LogP contribution is 2.15. The molecule has 0 fully saturated rings. The molecule has 0 saturated carbocycles. The minimum atomic E-state index is -0.481. The zero-order valence-electron chi connectivity index (χ0n) is 17.2. The quantitative estimate of drug-likeness (QED) is 0.499. The van der Waals surface area contributed by atoms with Crippen molar-refractivity contribution in [3.63, 3.8) is 0 Å². The van der Waals surface area contributed by atoms with Gasteiger partial charge in [-0.15, -0.1) is 5.10 Å². The van der Waals surface area contributed by atoms with Crippen molar-refractivity contribution in [2.24, 2.45) is 5.92 Å². The summed E-state index contributed by atoms with van der Waals surface area (Å²) in [5, 5.41) is 7.97. The Bertz CT molecular complexity index is 1400. The number of benzene rings is 2. The van der Waals surface area contributed by atoms with Crippen LogP contribution >= 0.6 is 11.6 Å². The third-order valence-electron chi connectivity index (χ3n) is 5.02. The van der Waals surface area contributed by atoms with Crippen molar-refractivity contribution in [3.05, 3.63) is 74.4 Å². The fourth-order valence-electron chi connectivity index (χ4n) is 3.46. The molecule has 0 aliphatic heterocycles. The molecule has 8 nitrogen and oxygen atoms in total. The molecule has 31 heavy (non-hydrogen) atoms. The number of rotatable bonds is 6. The van der Waals surface area contributed by atoms with Crippen LogP contribution in [0.4, 0.5) is 5.69 Å². The second-order valence-corrected chi connectivity index (χ2v) is 8.23. The minimum absolute atomic E-state index is 0.204. The molecule has 0 radical (unpaired) electrons. The predicted molar refractivity (Wildman–Crippen MR) is 121 cm³/mol. The molecule has 2 heterocycles. The van der Waals surface area contributed by atoms with Crippen LogP contribution in [0, 0.1) is 5.92 Å². The van der Waals surface area contributed by atoms with Crippen LogP contribution in [0.15, 0.2) is 58.1 Å². The number of halogens is 1. The number of anilines is 1. The smallest absolute Gasteiger partial charge is 0.324 e. The van der Waals surface area contributed by atoms with Gasteiger partial charge in [-0.1, -0.05) is 43.6 Å². The monoisotopic (exact) mass is 439 g/mol. The molecule has 0 aliphatic carbocycles. The molecule has 4 aromatic rings. The molecular formula is C22H22ClN5O3. The lowest BCUT2D eigenvalue weighted by atomic mass is 10.1. The maximum absolute atomic E-state index is 13.1. The molecule has 0 atom stereocenters. The van der Waals surface area contributed by atoms with Gasteiger partial charge in [0.1, 0.15) is 6.54 Å². The van der Waals surface area contributed by atoms with Crippen LogP contribution < -0.4 is 16.6 Å². The lowest BCUT2D eigenvalue weighted by Gasteiger charge is -2.10. The van der Waals surface area contributed by atoms with E-state index in [0.717, 1.165) is 11.1 Å². The molecule has 4 rings (SSSR count). The molecule has 2 aromatic carbocycles. The zero-order chi connectivity index (χ0) is 22.1. The first kappa shape index (κ1) is 20.9. The first-order valence-electron chi connectivity index (χ1n) is 10.0. The molecule has 160 valence electrons. The fourth-order valence-corrected chi connectivity index (χ4v) is 3.65. The average Bonchev–Trinajstić information content (AvgIpc) is 3.03.